The van der Waals surface area contributed by atoms with E-state index in [1.165, 1.54) is 7.11 Å². The summed E-state index contributed by atoms with van der Waals surface area (Å²) in [6.07, 6.45) is 5.73. The molecule has 2 rings (SSSR count). The lowest BCUT2D eigenvalue weighted by atomic mass is 9.85. The van der Waals surface area contributed by atoms with E-state index in [4.69, 9.17) is 19.3 Å². The van der Waals surface area contributed by atoms with Gasteiger partial charge in [0.2, 0.25) is 0 Å². The summed E-state index contributed by atoms with van der Waals surface area (Å²) in [6, 6.07) is 0. The first-order chi connectivity index (χ1) is 18.5. The molecular weight excluding hydrogens is 508 g/mol. The van der Waals surface area contributed by atoms with E-state index in [9.17, 15) is 24.6 Å². The number of hydrogen-bond acceptors (Lipinski definition) is 9. The van der Waals surface area contributed by atoms with Crippen LogP contribution in [0.5, 0.6) is 0 Å². The number of carbonyl (C=O) groups is 3. The number of carboxylic acid groups (broad SMARTS) is 1. The Morgan fingerprint density at radius 1 is 0.974 bits per heavy atom. The van der Waals surface area contributed by atoms with Crippen LogP contribution in [0.1, 0.15) is 91.4 Å². The molecule has 0 spiro atoms. The summed E-state index contributed by atoms with van der Waals surface area (Å²) in [5.41, 5.74) is 0.553. The first-order valence-corrected chi connectivity index (χ1v) is 14.3. The van der Waals surface area contributed by atoms with Crippen LogP contribution >= 0.6 is 0 Å². The molecule has 2 fully saturated rings. The normalized spacial score (nSPS) is 28.4. The fourth-order valence-electron chi connectivity index (χ4n) is 5.18. The van der Waals surface area contributed by atoms with Crippen molar-refractivity contribution in [3.05, 3.63) is 11.6 Å². The highest BCUT2D eigenvalue weighted by molar-refractivity contribution is 5.80. The lowest BCUT2D eigenvalue weighted by Crippen LogP contribution is -2.52. The average molecular weight is 557 g/mol. The number of aliphatic hydroxyl groups is 2. The lowest BCUT2D eigenvalue weighted by Gasteiger charge is -2.40. The first-order valence-electron chi connectivity index (χ1n) is 14.3. The van der Waals surface area contributed by atoms with E-state index in [1.807, 2.05) is 6.92 Å². The van der Waals surface area contributed by atoms with E-state index in [-0.39, 0.29) is 55.4 Å². The lowest BCUT2D eigenvalue weighted by molar-refractivity contribution is -0.194. The van der Waals surface area contributed by atoms with Crippen molar-refractivity contribution in [2.45, 2.75) is 128 Å². The number of aliphatic carboxylic acids is 1. The van der Waals surface area contributed by atoms with Gasteiger partial charge in [-0.1, -0.05) is 44.6 Å². The minimum absolute atomic E-state index is 0.0326. The molecule has 39 heavy (non-hydrogen) atoms. The molecule has 0 aromatic carbocycles. The van der Waals surface area contributed by atoms with E-state index >= 15 is 0 Å². The van der Waals surface area contributed by atoms with Crippen molar-refractivity contribution in [2.24, 2.45) is 11.8 Å². The van der Waals surface area contributed by atoms with Gasteiger partial charge in [0.05, 0.1) is 38.1 Å². The Morgan fingerprint density at radius 3 is 2.13 bits per heavy atom. The molecule has 2 aliphatic rings. The Kier molecular flexibility index (Phi) is 14.4. The smallest absolute Gasteiger partial charge is 0.328 e. The highest BCUT2D eigenvalue weighted by Gasteiger charge is 2.49. The van der Waals surface area contributed by atoms with Crippen LogP contribution in [0.15, 0.2) is 11.6 Å². The van der Waals surface area contributed by atoms with Gasteiger partial charge in [0.15, 0.2) is 0 Å². The van der Waals surface area contributed by atoms with E-state index in [0.29, 0.717) is 24.8 Å². The quantitative estimate of drug-likeness (QED) is 0.0989. The topological polar surface area (TPSA) is 152 Å². The number of ether oxygens (including phenoxy) is 4. The third-order valence-electron chi connectivity index (χ3n) is 7.79. The van der Waals surface area contributed by atoms with Gasteiger partial charge in [-0.2, -0.15) is 0 Å². The fraction of sp³-hybridized carbons (Fsp3) is 0.828. The molecule has 8 atom stereocenters. The second-order valence-corrected chi connectivity index (χ2v) is 11.1. The van der Waals surface area contributed by atoms with Crippen LogP contribution in [-0.4, -0.2) is 83.6 Å². The minimum atomic E-state index is -1.10. The van der Waals surface area contributed by atoms with Gasteiger partial charge in [0.1, 0.15) is 12.2 Å². The number of esters is 2. The Hall–Kier alpha value is -2.01. The summed E-state index contributed by atoms with van der Waals surface area (Å²) < 4.78 is 22.1. The van der Waals surface area contributed by atoms with Crippen molar-refractivity contribution in [1.82, 2.24) is 0 Å². The van der Waals surface area contributed by atoms with Gasteiger partial charge in [0.25, 0.3) is 0 Å². The second kappa shape index (κ2) is 16.9. The van der Waals surface area contributed by atoms with E-state index in [1.54, 1.807) is 13.8 Å². The number of epoxide rings is 1. The Labute approximate surface area is 232 Å². The van der Waals surface area contributed by atoms with Crippen LogP contribution in [0.25, 0.3) is 0 Å². The van der Waals surface area contributed by atoms with Gasteiger partial charge in [0, 0.05) is 30.8 Å². The molecule has 224 valence electrons. The highest BCUT2D eigenvalue weighted by atomic mass is 16.6. The second-order valence-electron chi connectivity index (χ2n) is 11.1. The third-order valence-corrected chi connectivity index (χ3v) is 7.79. The van der Waals surface area contributed by atoms with Crippen molar-refractivity contribution < 1.29 is 48.7 Å². The summed E-state index contributed by atoms with van der Waals surface area (Å²) in [5.74, 6) is -1.92. The van der Waals surface area contributed by atoms with E-state index < -0.39 is 30.4 Å². The molecular formula is C29H48O10. The van der Waals surface area contributed by atoms with Gasteiger partial charge in [-0.25, -0.2) is 4.79 Å². The SMILES string of the molecule is COC(=O)CCCCCCCCCC(=O)O[C@@H]1[C@@H](C[C@@H]2O[C@H]2[C@@H](C)[C@H](C)O)CO[C@@H](CC(C)=CC(=O)O)[C@H]1O. The van der Waals surface area contributed by atoms with Crippen molar-refractivity contribution in [3.8, 4) is 0 Å². The number of rotatable bonds is 18. The average Bonchev–Trinajstić information content (AvgIpc) is 3.64. The molecule has 0 aromatic heterocycles. The van der Waals surface area contributed by atoms with Crippen molar-refractivity contribution in [1.29, 1.82) is 0 Å². The number of unbranched alkanes of at least 4 members (excludes halogenated alkanes) is 6. The largest absolute Gasteiger partial charge is 0.478 e. The molecule has 0 aliphatic carbocycles. The molecule has 10 nitrogen and oxygen atoms in total. The molecule has 0 saturated carbocycles. The van der Waals surface area contributed by atoms with Crippen LogP contribution in [0.2, 0.25) is 0 Å². The van der Waals surface area contributed by atoms with Crippen molar-refractivity contribution >= 4 is 17.9 Å². The molecule has 0 aromatic rings. The van der Waals surface area contributed by atoms with Crippen LogP contribution < -0.4 is 0 Å². The predicted molar refractivity (Wildman–Crippen MR) is 143 cm³/mol. The van der Waals surface area contributed by atoms with Gasteiger partial charge < -0.3 is 34.3 Å². The summed E-state index contributed by atoms with van der Waals surface area (Å²) in [7, 11) is 1.40. The van der Waals surface area contributed by atoms with Gasteiger partial charge in [-0.05, 0) is 39.5 Å². The first kappa shape index (κ1) is 33.2. The summed E-state index contributed by atoms with van der Waals surface area (Å²) in [6.45, 7) is 5.57. The Morgan fingerprint density at radius 2 is 1.56 bits per heavy atom. The Balaban J connectivity index is 1.84. The van der Waals surface area contributed by atoms with Crippen molar-refractivity contribution in [2.75, 3.05) is 13.7 Å². The molecule has 0 amide bonds. The fourth-order valence-corrected chi connectivity index (χ4v) is 5.18. The van der Waals surface area contributed by atoms with Gasteiger partial charge >= 0.3 is 17.9 Å². The van der Waals surface area contributed by atoms with Gasteiger partial charge in [-0.15, -0.1) is 0 Å². The monoisotopic (exact) mass is 556 g/mol. The summed E-state index contributed by atoms with van der Waals surface area (Å²) in [5, 5.41) is 30.0. The number of hydrogen-bond donors (Lipinski definition) is 3. The molecule has 0 bridgehead atoms. The molecule has 2 aliphatic heterocycles. The number of methoxy groups -OCH3 is 1. The number of carboxylic acids is 1. The maximum Gasteiger partial charge on any atom is 0.328 e. The molecule has 2 heterocycles. The number of carbonyl (C=O) groups excluding carboxylic acids is 2. The van der Waals surface area contributed by atoms with E-state index in [0.717, 1.165) is 44.6 Å². The summed E-state index contributed by atoms with van der Waals surface area (Å²) in [4.78, 5) is 34.9. The molecule has 3 N–H and O–H groups in total. The highest BCUT2D eigenvalue weighted by Crippen LogP contribution is 2.39. The van der Waals surface area contributed by atoms with Crippen LogP contribution in [0.4, 0.5) is 0 Å². The maximum absolute atomic E-state index is 12.7. The molecule has 10 heteroatoms. The molecule has 0 radical (unpaired) electrons. The molecule has 2 saturated heterocycles. The minimum Gasteiger partial charge on any atom is -0.478 e. The van der Waals surface area contributed by atoms with Crippen LogP contribution in [0.3, 0.4) is 0 Å². The van der Waals surface area contributed by atoms with Crippen molar-refractivity contribution in [3.63, 3.8) is 0 Å². The zero-order chi connectivity index (χ0) is 28.9. The van der Waals surface area contributed by atoms with Gasteiger partial charge in [-0.3, -0.25) is 9.59 Å². The zero-order valence-electron chi connectivity index (χ0n) is 23.9. The molecule has 0 unspecified atom stereocenters. The standard InChI is InChI=1S/C29H48O10/c1-18(15-24(31)32)14-22-27(35)29(21(17-37-22)16-23-28(38-23)19(2)20(3)30)39-26(34)13-11-9-7-5-6-8-10-12-25(33)36-4/h15,19-23,27-30,35H,5-14,16-17H2,1-4H3,(H,31,32)/t19-,20-,21-,22-,23-,27+,28-,29+/m0/s1. The van der Waals surface area contributed by atoms with Crippen LogP contribution in [0, 0.1) is 11.8 Å². The maximum atomic E-state index is 12.7. The number of aliphatic hydroxyl groups excluding tert-OH is 2. The zero-order valence-corrected chi connectivity index (χ0v) is 23.9. The van der Waals surface area contributed by atoms with E-state index in [2.05, 4.69) is 4.74 Å². The Bertz CT molecular complexity index is 810. The third kappa shape index (κ3) is 11.9. The summed E-state index contributed by atoms with van der Waals surface area (Å²) >= 11 is 0. The van der Waals surface area contributed by atoms with Crippen LogP contribution in [-0.2, 0) is 33.3 Å². The predicted octanol–water partition coefficient (Wildman–Crippen LogP) is 3.55.